The summed E-state index contributed by atoms with van der Waals surface area (Å²) in [5.41, 5.74) is 2.55. The van der Waals surface area contributed by atoms with Gasteiger partial charge in [0.05, 0.1) is 12.2 Å². The molecule has 3 aromatic rings. The maximum absolute atomic E-state index is 12.9. The molecule has 2 heterocycles. The number of Topliss-reactive ketones (excluding diaryl/α,β-unsaturated/α-hetero) is 1. The lowest BCUT2D eigenvalue weighted by atomic mass is 9.98. The smallest absolute Gasteiger partial charge is 0.340 e. The molecule has 3 rings (SSSR count). The number of ketones is 1. The maximum Gasteiger partial charge on any atom is 0.340 e. The van der Waals surface area contributed by atoms with Gasteiger partial charge < -0.3 is 15.0 Å². The summed E-state index contributed by atoms with van der Waals surface area (Å²) in [7, 11) is 0. The molecule has 0 aliphatic carbocycles. The van der Waals surface area contributed by atoms with Gasteiger partial charge in [0.15, 0.2) is 0 Å². The number of hydrogen-bond donors (Lipinski definition) is 2. The monoisotopic (exact) mass is 391 g/mol. The van der Waals surface area contributed by atoms with Crippen LogP contribution in [0, 0.1) is 6.92 Å². The molecular formula is C22H21N3O4. The van der Waals surface area contributed by atoms with E-state index in [2.05, 4.69) is 15.3 Å². The van der Waals surface area contributed by atoms with Gasteiger partial charge in [-0.1, -0.05) is 36.4 Å². The Bertz CT molecular complexity index is 1030. The van der Waals surface area contributed by atoms with Crippen molar-refractivity contribution in [2.75, 3.05) is 6.61 Å². The molecule has 7 nitrogen and oxygen atoms in total. The van der Waals surface area contributed by atoms with Gasteiger partial charge in [-0.2, -0.15) is 0 Å². The van der Waals surface area contributed by atoms with Gasteiger partial charge in [0, 0.05) is 30.2 Å². The van der Waals surface area contributed by atoms with Crippen LogP contribution in [0.15, 0.2) is 54.9 Å². The lowest BCUT2D eigenvalue weighted by molar-refractivity contribution is -0.117. The molecule has 0 atom stereocenters. The van der Waals surface area contributed by atoms with Crippen molar-refractivity contribution in [2.45, 2.75) is 20.4 Å². The van der Waals surface area contributed by atoms with Gasteiger partial charge in [-0.05, 0) is 31.0 Å². The molecule has 0 aliphatic heterocycles. The van der Waals surface area contributed by atoms with Crippen LogP contribution in [0.2, 0.25) is 0 Å². The summed E-state index contributed by atoms with van der Waals surface area (Å²) >= 11 is 0. The molecule has 0 spiro atoms. The van der Waals surface area contributed by atoms with Gasteiger partial charge in [0.2, 0.25) is 0 Å². The van der Waals surface area contributed by atoms with Gasteiger partial charge in [0.25, 0.3) is 11.7 Å². The standard InChI is InChI=1S/C22H21N3O4/c1-3-29-22(28)17-14(2)25-19(18(17)16-9-5-4-6-10-16)20(26)21(27)24-13-15-8-7-11-23-12-15/h4-12,25H,3,13H2,1-2H3,(H,24,27). The number of rotatable bonds is 7. The average Bonchev–Trinajstić information content (AvgIpc) is 3.10. The zero-order valence-electron chi connectivity index (χ0n) is 16.2. The van der Waals surface area contributed by atoms with Crippen molar-refractivity contribution in [1.29, 1.82) is 0 Å². The Morgan fingerprint density at radius 2 is 1.86 bits per heavy atom. The fourth-order valence-electron chi connectivity index (χ4n) is 3.03. The van der Waals surface area contributed by atoms with Gasteiger partial charge in [0.1, 0.15) is 5.69 Å². The first kappa shape index (κ1) is 20.0. The summed E-state index contributed by atoms with van der Waals surface area (Å²) < 4.78 is 5.15. The highest BCUT2D eigenvalue weighted by Gasteiger charge is 2.29. The Kier molecular flexibility index (Phi) is 6.19. The average molecular weight is 391 g/mol. The number of amides is 1. The minimum absolute atomic E-state index is 0.0560. The third-order valence-electron chi connectivity index (χ3n) is 4.34. The maximum atomic E-state index is 12.9. The largest absolute Gasteiger partial charge is 0.462 e. The second-order valence-corrected chi connectivity index (χ2v) is 6.33. The number of carbonyl (C=O) groups is 3. The highest BCUT2D eigenvalue weighted by Crippen LogP contribution is 2.31. The fourth-order valence-corrected chi connectivity index (χ4v) is 3.03. The van der Waals surface area contributed by atoms with E-state index in [4.69, 9.17) is 4.74 Å². The molecule has 1 amide bonds. The summed E-state index contributed by atoms with van der Waals surface area (Å²) in [6.07, 6.45) is 3.24. The summed E-state index contributed by atoms with van der Waals surface area (Å²) in [6.45, 7) is 3.75. The van der Waals surface area contributed by atoms with E-state index in [1.54, 1.807) is 62.6 Å². The molecule has 29 heavy (non-hydrogen) atoms. The molecule has 0 radical (unpaired) electrons. The van der Waals surface area contributed by atoms with Crippen LogP contribution in [0.5, 0.6) is 0 Å². The van der Waals surface area contributed by atoms with Crippen LogP contribution in [0.25, 0.3) is 11.1 Å². The Labute approximate surface area is 168 Å². The molecule has 0 aliphatic rings. The van der Waals surface area contributed by atoms with E-state index < -0.39 is 17.7 Å². The third-order valence-corrected chi connectivity index (χ3v) is 4.34. The number of ether oxygens (including phenoxy) is 1. The van der Waals surface area contributed by atoms with Crippen molar-refractivity contribution >= 4 is 17.7 Å². The molecule has 0 fully saturated rings. The number of hydrogen-bond acceptors (Lipinski definition) is 5. The zero-order valence-corrected chi connectivity index (χ0v) is 16.2. The predicted molar refractivity (Wildman–Crippen MR) is 107 cm³/mol. The van der Waals surface area contributed by atoms with Crippen molar-refractivity contribution in [3.05, 3.63) is 77.4 Å². The number of carbonyl (C=O) groups excluding carboxylic acids is 3. The number of aryl methyl sites for hydroxylation is 1. The van der Waals surface area contributed by atoms with Crippen molar-refractivity contribution in [2.24, 2.45) is 0 Å². The Hall–Kier alpha value is -3.74. The van der Waals surface area contributed by atoms with E-state index in [1.165, 1.54) is 0 Å². The molecule has 1 aromatic carbocycles. The van der Waals surface area contributed by atoms with E-state index in [-0.39, 0.29) is 24.4 Å². The molecule has 0 unspecified atom stereocenters. The van der Waals surface area contributed by atoms with Crippen LogP contribution >= 0.6 is 0 Å². The number of esters is 1. The van der Waals surface area contributed by atoms with Crippen LogP contribution in [-0.2, 0) is 16.1 Å². The lowest BCUT2D eigenvalue weighted by Crippen LogP contribution is -2.31. The van der Waals surface area contributed by atoms with Crippen molar-refractivity contribution in [3.8, 4) is 11.1 Å². The molecule has 0 bridgehead atoms. The van der Waals surface area contributed by atoms with E-state index in [9.17, 15) is 14.4 Å². The summed E-state index contributed by atoms with van der Waals surface area (Å²) in [5, 5.41) is 2.59. The molecule has 0 saturated carbocycles. The van der Waals surface area contributed by atoms with E-state index in [0.29, 0.717) is 16.8 Å². The number of H-pyrrole nitrogens is 1. The number of pyridine rings is 1. The van der Waals surface area contributed by atoms with Crippen LogP contribution in [0.1, 0.15) is 39.0 Å². The normalized spacial score (nSPS) is 10.4. The highest BCUT2D eigenvalue weighted by molar-refractivity contribution is 6.43. The van der Waals surface area contributed by atoms with Crippen molar-refractivity contribution in [3.63, 3.8) is 0 Å². The quantitative estimate of drug-likeness (QED) is 0.366. The second-order valence-electron chi connectivity index (χ2n) is 6.33. The topological polar surface area (TPSA) is 101 Å². The SMILES string of the molecule is CCOC(=O)c1c(C)[nH]c(C(=O)C(=O)NCc2cccnc2)c1-c1ccccc1. The zero-order chi connectivity index (χ0) is 20.8. The lowest BCUT2D eigenvalue weighted by Gasteiger charge is -2.08. The van der Waals surface area contributed by atoms with Crippen LogP contribution in [0.3, 0.4) is 0 Å². The molecular weight excluding hydrogens is 370 g/mol. The summed E-state index contributed by atoms with van der Waals surface area (Å²) in [4.78, 5) is 44.8. The van der Waals surface area contributed by atoms with Crippen molar-refractivity contribution < 1.29 is 19.1 Å². The Morgan fingerprint density at radius 3 is 2.52 bits per heavy atom. The molecule has 2 N–H and O–H groups in total. The second kappa shape index (κ2) is 8.97. The summed E-state index contributed by atoms with van der Waals surface area (Å²) in [5.74, 6) is -2.08. The van der Waals surface area contributed by atoms with E-state index in [1.807, 2.05) is 6.07 Å². The van der Waals surface area contributed by atoms with Gasteiger partial charge >= 0.3 is 5.97 Å². The number of nitrogens with one attached hydrogen (secondary N) is 2. The number of aromatic nitrogens is 2. The number of aromatic amines is 1. The highest BCUT2D eigenvalue weighted by atomic mass is 16.5. The van der Waals surface area contributed by atoms with Gasteiger partial charge in [-0.3, -0.25) is 14.6 Å². The Balaban J connectivity index is 1.95. The first-order valence-electron chi connectivity index (χ1n) is 9.19. The number of nitrogens with zero attached hydrogens (tertiary/aromatic N) is 1. The summed E-state index contributed by atoms with van der Waals surface area (Å²) in [6, 6.07) is 12.5. The minimum Gasteiger partial charge on any atom is -0.462 e. The fraction of sp³-hybridized carbons (Fsp3) is 0.182. The van der Waals surface area contributed by atoms with E-state index in [0.717, 1.165) is 5.56 Å². The molecule has 2 aromatic heterocycles. The first-order valence-corrected chi connectivity index (χ1v) is 9.19. The molecule has 148 valence electrons. The van der Waals surface area contributed by atoms with Gasteiger partial charge in [-0.15, -0.1) is 0 Å². The van der Waals surface area contributed by atoms with Crippen LogP contribution in [0.4, 0.5) is 0 Å². The van der Waals surface area contributed by atoms with Crippen LogP contribution < -0.4 is 5.32 Å². The Morgan fingerprint density at radius 1 is 1.10 bits per heavy atom. The molecule has 0 saturated heterocycles. The number of benzene rings is 1. The van der Waals surface area contributed by atoms with Crippen molar-refractivity contribution in [1.82, 2.24) is 15.3 Å². The predicted octanol–water partition coefficient (Wildman–Crippen LogP) is 3.06. The first-order chi connectivity index (χ1) is 14.0. The van der Waals surface area contributed by atoms with Crippen LogP contribution in [-0.4, -0.2) is 34.2 Å². The minimum atomic E-state index is -0.775. The van der Waals surface area contributed by atoms with Gasteiger partial charge in [-0.25, -0.2) is 4.79 Å². The molecule has 7 heteroatoms. The third kappa shape index (κ3) is 4.40. The van der Waals surface area contributed by atoms with E-state index >= 15 is 0 Å².